The van der Waals surface area contributed by atoms with E-state index in [-0.39, 0.29) is 5.78 Å². The second-order valence-electron chi connectivity index (χ2n) is 4.25. The first-order valence-corrected chi connectivity index (χ1v) is 7.14. The average molecular weight is 342 g/mol. The molecule has 0 aromatic heterocycles. The van der Waals surface area contributed by atoms with Crippen molar-refractivity contribution in [3.05, 3.63) is 45.6 Å². The maximum Gasteiger partial charge on any atom is 0.163 e. The van der Waals surface area contributed by atoms with Crippen molar-refractivity contribution in [1.82, 2.24) is 0 Å². The molecule has 0 atom stereocenters. The number of carbonyl (C=O) groups is 1. The second-order valence-corrected chi connectivity index (χ2v) is 5.33. The summed E-state index contributed by atoms with van der Waals surface area (Å²) in [5, 5.41) is 0. The van der Waals surface area contributed by atoms with Gasteiger partial charge in [-0.25, -0.2) is 0 Å². The van der Waals surface area contributed by atoms with Gasteiger partial charge >= 0.3 is 0 Å². The molecule has 0 saturated heterocycles. The van der Waals surface area contributed by atoms with Crippen molar-refractivity contribution in [3.8, 4) is 0 Å². The van der Waals surface area contributed by atoms with Crippen LogP contribution in [0, 0.1) is 10.5 Å². The molecule has 0 spiro atoms. The van der Waals surface area contributed by atoms with Gasteiger partial charge in [-0.1, -0.05) is 30.7 Å². The number of hydrogen-bond donors (Lipinski definition) is 0. The molecular weight excluding hydrogens is 323 g/mol. The Morgan fingerprint density at radius 2 is 2.12 bits per heavy atom. The molecule has 1 nitrogen and oxygen atoms in total. The van der Waals surface area contributed by atoms with E-state index in [1.807, 2.05) is 31.2 Å². The van der Waals surface area contributed by atoms with Gasteiger partial charge in [0.2, 0.25) is 0 Å². The molecule has 0 heterocycles. The fourth-order valence-corrected chi connectivity index (χ4v) is 2.41. The van der Waals surface area contributed by atoms with Gasteiger partial charge in [0.25, 0.3) is 0 Å². The molecule has 1 rings (SSSR count). The summed E-state index contributed by atoms with van der Waals surface area (Å²) in [5.41, 5.74) is 2.07. The molecular formula is C15H19IO. The van der Waals surface area contributed by atoms with Crippen molar-refractivity contribution >= 4 is 28.4 Å². The quantitative estimate of drug-likeness (QED) is 0.298. The number of aryl methyl sites for hydroxylation is 1. The van der Waals surface area contributed by atoms with E-state index in [0.29, 0.717) is 6.42 Å². The first-order valence-electron chi connectivity index (χ1n) is 6.06. The van der Waals surface area contributed by atoms with Gasteiger partial charge in [0.05, 0.1) is 0 Å². The van der Waals surface area contributed by atoms with Crippen LogP contribution in [0.1, 0.15) is 48.0 Å². The van der Waals surface area contributed by atoms with Gasteiger partial charge in [0.15, 0.2) is 5.78 Å². The topological polar surface area (TPSA) is 17.1 Å². The van der Waals surface area contributed by atoms with Crippen LogP contribution in [0.15, 0.2) is 30.9 Å². The molecule has 0 radical (unpaired) electrons. The minimum absolute atomic E-state index is 0.275. The zero-order valence-corrected chi connectivity index (χ0v) is 12.5. The number of hydrogen-bond acceptors (Lipinski definition) is 1. The highest BCUT2D eigenvalue weighted by atomic mass is 127. The highest BCUT2D eigenvalue weighted by Gasteiger charge is 2.10. The smallest absolute Gasteiger partial charge is 0.163 e. The van der Waals surface area contributed by atoms with E-state index < -0.39 is 0 Å². The Kier molecular flexibility index (Phi) is 6.48. The zero-order valence-electron chi connectivity index (χ0n) is 10.3. The Balaban J connectivity index is 2.47. The highest BCUT2D eigenvalue weighted by Crippen LogP contribution is 2.19. The molecule has 0 amide bonds. The van der Waals surface area contributed by atoms with Crippen LogP contribution in [0.4, 0.5) is 0 Å². The van der Waals surface area contributed by atoms with Crippen LogP contribution in [0.3, 0.4) is 0 Å². The Labute approximate surface area is 117 Å². The first kappa shape index (κ1) is 14.4. The predicted molar refractivity (Wildman–Crippen MR) is 81.5 cm³/mol. The second kappa shape index (κ2) is 7.64. The van der Waals surface area contributed by atoms with Crippen molar-refractivity contribution in [2.45, 2.75) is 39.0 Å². The fourth-order valence-electron chi connectivity index (χ4n) is 1.75. The summed E-state index contributed by atoms with van der Waals surface area (Å²) in [6, 6.07) is 5.94. The van der Waals surface area contributed by atoms with Gasteiger partial charge in [-0.2, -0.15) is 0 Å². The van der Waals surface area contributed by atoms with Crippen molar-refractivity contribution in [1.29, 1.82) is 0 Å². The Morgan fingerprint density at radius 1 is 1.35 bits per heavy atom. The van der Waals surface area contributed by atoms with Gasteiger partial charge in [-0.05, 0) is 54.3 Å². The molecule has 0 N–H and O–H groups in total. The maximum atomic E-state index is 12.0. The zero-order chi connectivity index (χ0) is 12.7. The van der Waals surface area contributed by atoms with E-state index in [0.717, 1.165) is 34.8 Å². The lowest BCUT2D eigenvalue weighted by Crippen LogP contribution is -2.02. The van der Waals surface area contributed by atoms with Crippen LogP contribution in [-0.2, 0) is 0 Å². The normalized spacial score (nSPS) is 10.2. The minimum atomic E-state index is 0.275. The lowest BCUT2D eigenvalue weighted by molar-refractivity contribution is 0.0978. The molecule has 2 heteroatoms. The van der Waals surface area contributed by atoms with Gasteiger partial charge in [0, 0.05) is 15.6 Å². The van der Waals surface area contributed by atoms with Crippen LogP contribution < -0.4 is 0 Å². The van der Waals surface area contributed by atoms with E-state index in [9.17, 15) is 4.79 Å². The molecule has 0 aliphatic carbocycles. The largest absolute Gasteiger partial charge is 0.294 e. The molecule has 0 fully saturated rings. The summed E-state index contributed by atoms with van der Waals surface area (Å²) in [7, 11) is 0. The standard InChI is InChI=1S/C15H19IO/c1-3-4-5-6-7-11-14(17)13-10-8-9-12(2)15(13)16/h3,8-10H,1,4-7,11H2,2H3. The number of ketones is 1. The van der Waals surface area contributed by atoms with Gasteiger partial charge in [-0.15, -0.1) is 6.58 Å². The van der Waals surface area contributed by atoms with E-state index in [1.165, 1.54) is 5.56 Å². The summed E-state index contributed by atoms with van der Waals surface area (Å²) < 4.78 is 1.10. The SMILES string of the molecule is C=CCCCCCC(=O)c1cccc(C)c1I. The van der Waals surface area contributed by atoms with Crippen LogP contribution in [0.25, 0.3) is 0 Å². The summed E-state index contributed by atoms with van der Waals surface area (Å²) in [6.07, 6.45) is 6.89. The number of carbonyl (C=O) groups excluding carboxylic acids is 1. The highest BCUT2D eigenvalue weighted by molar-refractivity contribution is 14.1. The fraction of sp³-hybridized carbons (Fsp3) is 0.400. The molecule has 0 bridgehead atoms. The molecule has 92 valence electrons. The molecule has 0 aliphatic heterocycles. The summed E-state index contributed by atoms with van der Waals surface area (Å²) in [5.74, 6) is 0.275. The average Bonchev–Trinajstić information content (AvgIpc) is 2.32. The van der Waals surface area contributed by atoms with Crippen LogP contribution in [0.2, 0.25) is 0 Å². The summed E-state index contributed by atoms with van der Waals surface area (Å²) >= 11 is 2.26. The number of Topliss-reactive ketones (excluding diaryl/α,β-unsaturated/α-hetero) is 1. The number of rotatable bonds is 7. The lowest BCUT2D eigenvalue weighted by Gasteiger charge is -2.06. The molecule has 17 heavy (non-hydrogen) atoms. The molecule has 0 aliphatic rings. The van der Waals surface area contributed by atoms with Crippen molar-refractivity contribution < 1.29 is 4.79 Å². The van der Waals surface area contributed by atoms with Crippen molar-refractivity contribution in [2.24, 2.45) is 0 Å². The predicted octanol–water partition coefficient (Wildman–Crippen LogP) is 4.92. The van der Waals surface area contributed by atoms with E-state index in [1.54, 1.807) is 0 Å². The molecule has 1 aromatic rings. The number of benzene rings is 1. The van der Waals surface area contributed by atoms with Crippen LogP contribution in [-0.4, -0.2) is 5.78 Å². The van der Waals surface area contributed by atoms with Gasteiger partial charge in [-0.3, -0.25) is 4.79 Å². The van der Waals surface area contributed by atoms with Gasteiger partial charge < -0.3 is 0 Å². The van der Waals surface area contributed by atoms with Crippen LogP contribution in [0.5, 0.6) is 0 Å². The monoisotopic (exact) mass is 342 g/mol. The van der Waals surface area contributed by atoms with E-state index in [4.69, 9.17) is 0 Å². The van der Waals surface area contributed by atoms with Crippen LogP contribution >= 0.6 is 22.6 Å². The van der Waals surface area contributed by atoms with E-state index >= 15 is 0 Å². The number of allylic oxidation sites excluding steroid dienone is 1. The third-order valence-electron chi connectivity index (χ3n) is 2.80. The summed E-state index contributed by atoms with van der Waals surface area (Å²) in [6.45, 7) is 5.74. The van der Waals surface area contributed by atoms with E-state index in [2.05, 4.69) is 29.2 Å². The Morgan fingerprint density at radius 3 is 2.82 bits per heavy atom. The molecule has 0 saturated carbocycles. The summed E-state index contributed by atoms with van der Waals surface area (Å²) in [4.78, 5) is 12.0. The third kappa shape index (κ3) is 4.62. The maximum absolute atomic E-state index is 12.0. The first-order chi connectivity index (χ1) is 8.16. The molecule has 1 aromatic carbocycles. The number of halogens is 1. The minimum Gasteiger partial charge on any atom is -0.294 e. The number of unbranched alkanes of at least 4 members (excludes halogenated alkanes) is 3. The Hall–Kier alpha value is -0.640. The lowest BCUT2D eigenvalue weighted by atomic mass is 10.0. The Bertz CT molecular complexity index is 396. The molecule has 0 unspecified atom stereocenters. The van der Waals surface area contributed by atoms with Crippen molar-refractivity contribution in [2.75, 3.05) is 0 Å². The third-order valence-corrected chi connectivity index (χ3v) is 4.24. The van der Waals surface area contributed by atoms with Gasteiger partial charge in [0.1, 0.15) is 0 Å². The van der Waals surface area contributed by atoms with Crippen molar-refractivity contribution in [3.63, 3.8) is 0 Å².